The zero-order chi connectivity index (χ0) is 17.9. The van der Waals surface area contributed by atoms with Crippen LogP contribution in [0.4, 0.5) is 0 Å². The second-order valence-electron chi connectivity index (χ2n) is 7.71. The molecule has 1 aliphatic rings. The van der Waals surface area contributed by atoms with Gasteiger partial charge >= 0.3 is 0 Å². The summed E-state index contributed by atoms with van der Waals surface area (Å²) >= 11 is 12.3. The van der Waals surface area contributed by atoms with Crippen LogP contribution in [0.25, 0.3) is 0 Å². The molecule has 0 unspecified atom stereocenters. The van der Waals surface area contributed by atoms with Crippen molar-refractivity contribution in [2.75, 3.05) is 6.67 Å². The van der Waals surface area contributed by atoms with Gasteiger partial charge in [0.15, 0.2) is 0 Å². The molecule has 0 radical (unpaired) electrons. The third-order valence-electron chi connectivity index (χ3n) is 4.43. The number of hydrogen-bond acceptors (Lipinski definition) is 4. The third-order valence-corrected chi connectivity index (χ3v) is 5.02. The van der Waals surface area contributed by atoms with Gasteiger partial charge in [-0.25, -0.2) is 0 Å². The van der Waals surface area contributed by atoms with Gasteiger partial charge in [0.05, 0.1) is 18.5 Å². The molecule has 1 heterocycles. The van der Waals surface area contributed by atoms with E-state index in [2.05, 4.69) is 38.1 Å². The Kier molecular flexibility index (Phi) is 6.54. The molecule has 0 spiro atoms. The molecule has 1 aliphatic heterocycles. The van der Waals surface area contributed by atoms with Crippen molar-refractivity contribution >= 4 is 29.5 Å². The number of aliphatic hydroxyl groups is 1. The summed E-state index contributed by atoms with van der Waals surface area (Å²) in [5.41, 5.74) is 4.02. The lowest BCUT2D eigenvalue weighted by atomic mass is 9.80. The van der Waals surface area contributed by atoms with Crippen LogP contribution in [-0.2, 0) is 6.42 Å². The zero-order valence-electron chi connectivity index (χ0n) is 14.8. The lowest BCUT2D eigenvalue weighted by Gasteiger charge is -2.38. The van der Waals surface area contributed by atoms with Gasteiger partial charge < -0.3 is 10.5 Å². The van der Waals surface area contributed by atoms with E-state index in [0.29, 0.717) is 22.6 Å². The summed E-state index contributed by atoms with van der Waals surface area (Å²) in [5, 5.41) is 14.2. The molecular formula is C18H27Cl2N3O. The van der Waals surface area contributed by atoms with E-state index in [-0.39, 0.29) is 11.5 Å². The van der Waals surface area contributed by atoms with E-state index in [1.165, 1.54) is 0 Å². The molecule has 0 amide bonds. The van der Waals surface area contributed by atoms with Gasteiger partial charge in [0.2, 0.25) is 0 Å². The van der Waals surface area contributed by atoms with Gasteiger partial charge in [0.25, 0.3) is 0 Å². The molecule has 6 heteroatoms. The highest BCUT2D eigenvalue weighted by atomic mass is 35.5. The maximum atomic E-state index is 10.8. The first-order chi connectivity index (χ1) is 11.2. The fourth-order valence-electron chi connectivity index (χ4n) is 3.05. The first-order valence-corrected chi connectivity index (χ1v) is 9.07. The van der Waals surface area contributed by atoms with Crippen molar-refractivity contribution in [2.24, 2.45) is 16.3 Å². The van der Waals surface area contributed by atoms with Crippen LogP contribution in [0.15, 0.2) is 23.2 Å². The van der Waals surface area contributed by atoms with Crippen molar-refractivity contribution in [3.8, 4) is 0 Å². The minimum absolute atomic E-state index is 0.0198. The second-order valence-corrected chi connectivity index (χ2v) is 8.55. The highest BCUT2D eigenvalue weighted by Gasteiger charge is 2.36. The van der Waals surface area contributed by atoms with Gasteiger partial charge in [-0.1, -0.05) is 57.0 Å². The topological polar surface area (TPSA) is 47.9 Å². The van der Waals surface area contributed by atoms with Gasteiger partial charge in [-0.3, -0.25) is 4.99 Å². The summed E-state index contributed by atoms with van der Waals surface area (Å²) in [6, 6.07) is 5.61. The fourth-order valence-corrected chi connectivity index (χ4v) is 3.53. The third kappa shape index (κ3) is 5.09. The summed E-state index contributed by atoms with van der Waals surface area (Å²) in [4.78, 5) is 4.21. The Morgan fingerprint density at radius 1 is 1.33 bits per heavy atom. The Hall–Kier alpha value is -0.810. The van der Waals surface area contributed by atoms with Crippen LogP contribution in [0, 0.1) is 11.3 Å². The zero-order valence-corrected chi connectivity index (χ0v) is 16.3. The summed E-state index contributed by atoms with van der Waals surface area (Å²) in [6.45, 7) is 8.92. The number of benzene rings is 1. The molecule has 4 nitrogen and oxygen atoms in total. The van der Waals surface area contributed by atoms with Crippen molar-refractivity contribution in [3.05, 3.63) is 33.8 Å². The molecule has 2 rings (SSSR count). The molecule has 0 bridgehead atoms. The van der Waals surface area contributed by atoms with Crippen LogP contribution in [0.5, 0.6) is 0 Å². The van der Waals surface area contributed by atoms with Gasteiger partial charge in [-0.15, -0.1) is 0 Å². The van der Waals surface area contributed by atoms with Crippen LogP contribution in [0.1, 0.15) is 39.7 Å². The molecular weight excluding hydrogens is 345 g/mol. The van der Waals surface area contributed by atoms with Crippen molar-refractivity contribution in [1.82, 2.24) is 10.4 Å². The second kappa shape index (κ2) is 8.05. The van der Waals surface area contributed by atoms with Crippen molar-refractivity contribution in [1.29, 1.82) is 0 Å². The first-order valence-electron chi connectivity index (χ1n) is 8.31. The van der Waals surface area contributed by atoms with E-state index in [1.807, 2.05) is 17.1 Å². The molecule has 1 aromatic carbocycles. The van der Waals surface area contributed by atoms with Gasteiger partial charge in [-0.05, 0) is 41.9 Å². The average Bonchev–Trinajstić information content (AvgIpc) is 3.00. The highest BCUT2D eigenvalue weighted by molar-refractivity contribution is 6.35. The molecule has 0 fully saturated rings. The molecule has 134 valence electrons. The van der Waals surface area contributed by atoms with Crippen LogP contribution < -0.4 is 5.43 Å². The number of hydrogen-bond donors (Lipinski definition) is 2. The van der Waals surface area contributed by atoms with E-state index < -0.39 is 6.10 Å². The Bertz CT molecular complexity index is 578. The minimum Gasteiger partial charge on any atom is -0.391 e. The Labute approximate surface area is 154 Å². The smallest absolute Gasteiger partial charge is 0.111 e. The standard InChI is InChI=1S/C18H27Cl2N3O/c1-12(7-13-5-6-14(19)9-15(13)20)8-16(17(24)18(2,3)4)23-11-21-10-22-23/h5-6,9-10,12,16-17,24H,7-8,11H2,1-4H3,(H,21,22)/t12-,16-,17-/m1/s1. The number of halogens is 2. The quantitative estimate of drug-likeness (QED) is 0.789. The average molecular weight is 372 g/mol. The minimum atomic E-state index is -0.463. The molecule has 3 atom stereocenters. The molecule has 24 heavy (non-hydrogen) atoms. The summed E-state index contributed by atoms with van der Waals surface area (Å²) in [7, 11) is 0. The molecule has 1 aromatic rings. The molecule has 0 aromatic heterocycles. The van der Waals surface area contributed by atoms with E-state index in [0.717, 1.165) is 18.4 Å². The first kappa shape index (κ1) is 19.5. The number of aliphatic imine (C=N–C) groups is 1. The van der Waals surface area contributed by atoms with Crippen LogP contribution in [0.2, 0.25) is 10.0 Å². The highest BCUT2D eigenvalue weighted by Crippen LogP contribution is 2.30. The number of aliphatic hydroxyl groups excluding tert-OH is 1. The Balaban J connectivity index is 2.07. The van der Waals surface area contributed by atoms with Gasteiger partial charge in [0, 0.05) is 10.0 Å². The van der Waals surface area contributed by atoms with Crippen molar-refractivity contribution in [2.45, 2.75) is 52.7 Å². The number of nitrogens with zero attached hydrogens (tertiary/aromatic N) is 2. The molecule has 0 saturated carbocycles. The van der Waals surface area contributed by atoms with Crippen molar-refractivity contribution < 1.29 is 5.11 Å². The Morgan fingerprint density at radius 2 is 2.04 bits per heavy atom. The van der Waals surface area contributed by atoms with E-state index in [1.54, 1.807) is 12.4 Å². The Morgan fingerprint density at radius 3 is 2.58 bits per heavy atom. The van der Waals surface area contributed by atoms with E-state index >= 15 is 0 Å². The summed E-state index contributed by atoms with van der Waals surface area (Å²) in [6.07, 6.45) is 2.91. The number of nitrogens with one attached hydrogen (secondary N) is 1. The molecule has 0 saturated heterocycles. The number of rotatable bonds is 6. The van der Waals surface area contributed by atoms with Crippen molar-refractivity contribution in [3.63, 3.8) is 0 Å². The normalized spacial score (nSPS) is 19.1. The van der Waals surface area contributed by atoms with Gasteiger partial charge in [-0.2, -0.15) is 5.01 Å². The maximum Gasteiger partial charge on any atom is 0.111 e. The summed E-state index contributed by atoms with van der Waals surface area (Å²) < 4.78 is 0. The van der Waals surface area contributed by atoms with Crippen LogP contribution in [0.3, 0.4) is 0 Å². The van der Waals surface area contributed by atoms with Gasteiger partial charge in [0.1, 0.15) is 6.67 Å². The predicted octanol–water partition coefficient (Wildman–Crippen LogP) is 4.14. The number of hydrazine groups is 1. The molecule has 0 aliphatic carbocycles. The molecule has 2 N–H and O–H groups in total. The van der Waals surface area contributed by atoms with E-state index in [9.17, 15) is 5.11 Å². The lowest BCUT2D eigenvalue weighted by molar-refractivity contribution is -0.0330. The summed E-state index contributed by atoms with van der Waals surface area (Å²) in [5.74, 6) is 0.355. The van der Waals surface area contributed by atoms with E-state index in [4.69, 9.17) is 23.2 Å². The fraction of sp³-hybridized carbons (Fsp3) is 0.611. The maximum absolute atomic E-state index is 10.8. The monoisotopic (exact) mass is 371 g/mol. The SMILES string of the molecule is C[C@H](Cc1ccc(Cl)cc1Cl)C[C@H]([C@@H](O)C(C)(C)C)N1CN=CN1. The largest absolute Gasteiger partial charge is 0.391 e. The predicted molar refractivity (Wildman–Crippen MR) is 102 cm³/mol. The lowest BCUT2D eigenvalue weighted by Crippen LogP contribution is -2.52. The van der Waals surface area contributed by atoms with Crippen LogP contribution in [-0.4, -0.2) is 35.3 Å². The van der Waals surface area contributed by atoms with Crippen LogP contribution >= 0.6 is 23.2 Å².